The van der Waals surface area contributed by atoms with Crippen LogP contribution in [-0.4, -0.2) is 28.5 Å². The summed E-state index contributed by atoms with van der Waals surface area (Å²) < 4.78 is 25.5. The molecule has 1 aliphatic rings. The number of nitrogens with zero attached hydrogens (tertiary/aromatic N) is 3. The van der Waals surface area contributed by atoms with Gasteiger partial charge in [-0.25, -0.2) is 4.98 Å². The Morgan fingerprint density at radius 3 is 2.59 bits per heavy atom. The first kappa shape index (κ1) is 19.5. The molecule has 27 heavy (non-hydrogen) atoms. The molecule has 1 aliphatic carbocycles. The molecule has 146 valence electrons. The van der Waals surface area contributed by atoms with E-state index >= 15 is 0 Å². The van der Waals surface area contributed by atoms with Gasteiger partial charge in [0.25, 0.3) is 10.0 Å². The highest BCUT2D eigenvalue weighted by Gasteiger charge is 2.32. The second kappa shape index (κ2) is 7.42. The highest BCUT2D eigenvalue weighted by atomic mass is 32.2. The fourth-order valence-corrected chi connectivity index (χ4v) is 4.83. The maximum absolute atomic E-state index is 12.5. The normalized spacial score (nSPS) is 20.3. The lowest BCUT2D eigenvalue weighted by Crippen LogP contribution is -2.22. The molecule has 0 saturated heterocycles. The van der Waals surface area contributed by atoms with Crippen molar-refractivity contribution >= 4 is 21.6 Å². The summed E-state index contributed by atoms with van der Waals surface area (Å²) in [7, 11) is -3.75. The Morgan fingerprint density at radius 1 is 1.33 bits per heavy atom. The lowest BCUT2D eigenvalue weighted by Gasteiger charge is -2.19. The largest absolute Gasteiger partial charge is 0.326 e. The standard InChI is InChI=1S/C19H26N4O3S/c1-14(10-15-8-9-19(2,3)11-15)18(24)22-16-4-6-17(7-5-16)27(25,26)23-13-20-12-21-23/h4-7,12-15H,8-11H2,1-3H3,(H,22,24). The van der Waals surface area contributed by atoms with Gasteiger partial charge in [-0.2, -0.15) is 8.42 Å². The zero-order valence-electron chi connectivity index (χ0n) is 15.9. The molecule has 1 saturated carbocycles. The molecule has 0 radical (unpaired) electrons. The predicted molar refractivity (Wildman–Crippen MR) is 103 cm³/mol. The van der Waals surface area contributed by atoms with Crippen molar-refractivity contribution in [3.05, 3.63) is 36.9 Å². The third-order valence-corrected chi connectivity index (χ3v) is 6.82. The number of aromatic nitrogens is 3. The van der Waals surface area contributed by atoms with Crippen LogP contribution >= 0.6 is 0 Å². The Kier molecular flexibility index (Phi) is 5.37. The van der Waals surface area contributed by atoms with Gasteiger partial charge >= 0.3 is 0 Å². The van der Waals surface area contributed by atoms with E-state index in [4.69, 9.17) is 0 Å². The smallest absolute Gasteiger partial charge is 0.284 e. The summed E-state index contributed by atoms with van der Waals surface area (Å²) in [6.45, 7) is 6.52. The van der Waals surface area contributed by atoms with E-state index < -0.39 is 10.0 Å². The fraction of sp³-hybridized carbons (Fsp3) is 0.526. The molecule has 0 aliphatic heterocycles. The Hall–Kier alpha value is -2.22. The van der Waals surface area contributed by atoms with Crippen LogP contribution in [0.15, 0.2) is 41.8 Å². The second-order valence-corrected chi connectivity index (χ2v) is 9.99. The number of anilines is 1. The Bertz CT molecular complexity index is 890. The summed E-state index contributed by atoms with van der Waals surface area (Å²) >= 11 is 0. The summed E-state index contributed by atoms with van der Waals surface area (Å²) in [5.74, 6) is 0.477. The van der Waals surface area contributed by atoms with E-state index in [0.717, 1.165) is 16.8 Å². The van der Waals surface area contributed by atoms with Crippen molar-refractivity contribution < 1.29 is 13.2 Å². The SMILES string of the molecule is CC(CC1CCC(C)(C)C1)C(=O)Nc1ccc(S(=O)(=O)n2cncn2)cc1. The summed E-state index contributed by atoms with van der Waals surface area (Å²) in [5, 5.41) is 6.55. The molecule has 3 rings (SSSR count). The monoisotopic (exact) mass is 390 g/mol. The van der Waals surface area contributed by atoms with Gasteiger partial charge in [-0.1, -0.05) is 20.8 Å². The van der Waals surface area contributed by atoms with Crippen LogP contribution in [-0.2, 0) is 14.8 Å². The van der Waals surface area contributed by atoms with Crippen LogP contribution in [0.4, 0.5) is 5.69 Å². The van der Waals surface area contributed by atoms with Gasteiger partial charge in [0.05, 0.1) is 4.90 Å². The van der Waals surface area contributed by atoms with Gasteiger partial charge in [0.15, 0.2) is 0 Å². The first-order chi connectivity index (χ1) is 12.7. The number of benzene rings is 1. The van der Waals surface area contributed by atoms with Crippen molar-refractivity contribution in [1.29, 1.82) is 0 Å². The van der Waals surface area contributed by atoms with Gasteiger partial charge in [-0.05, 0) is 61.3 Å². The molecule has 1 N–H and O–H groups in total. The van der Waals surface area contributed by atoms with Crippen LogP contribution in [0.1, 0.15) is 46.5 Å². The van der Waals surface area contributed by atoms with Crippen molar-refractivity contribution in [2.75, 3.05) is 5.32 Å². The van der Waals surface area contributed by atoms with Crippen molar-refractivity contribution in [3.8, 4) is 0 Å². The first-order valence-corrected chi connectivity index (χ1v) is 10.6. The van der Waals surface area contributed by atoms with Crippen molar-refractivity contribution in [2.45, 2.75) is 51.3 Å². The van der Waals surface area contributed by atoms with E-state index in [-0.39, 0.29) is 16.7 Å². The minimum Gasteiger partial charge on any atom is -0.326 e. The molecule has 1 amide bonds. The second-order valence-electron chi connectivity index (χ2n) is 8.20. The Balaban J connectivity index is 1.60. The van der Waals surface area contributed by atoms with E-state index in [1.807, 2.05) is 6.92 Å². The van der Waals surface area contributed by atoms with Crippen LogP contribution in [0, 0.1) is 17.3 Å². The van der Waals surface area contributed by atoms with Gasteiger partial charge in [0.2, 0.25) is 5.91 Å². The minimum atomic E-state index is -3.75. The molecule has 8 heteroatoms. The molecular formula is C19H26N4O3S. The van der Waals surface area contributed by atoms with Crippen LogP contribution in [0.2, 0.25) is 0 Å². The molecule has 2 atom stereocenters. The Labute approximate surface area is 160 Å². The number of hydrogen-bond donors (Lipinski definition) is 1. The van der Waals surface area contributed by atoms with Crippen LogP contribution in [0.3, 0.4) is 0 Å². The number of hydrogen-bond acceptors (Lipinski definition) is 5. The summed E-state index contributed by atoms with van der Waals surface area (Å²) in [4.78, 5) is 16.2. The van der Waals surface area contributed by atoms with E-state index in [1.165, 1.54) is 37.7 Å². The highest BCUT2D eigenvalue weighted by Crippen LogP contribution is 2.43. The number of amides is 1. The van der Waals surface area contributed by atoms with Crippen molar-refractivity contribution in [1.82, 2.24) is 14.2 Å². The van der Waals surface area contributed by atoms with Gasteiger partial charge in [-0.3, -0.25) is 4.79 Å². The maximum Gasteiger partial charge on any atom is 0.284 e. The molecule has 1 heterocycles. The van der Waals surface area contributed by atoms with Crippen molar-refractivity contribution in [3.63, 3.8) is 0 Å². The number of rotatable bonds is 6. The molecular weight excluding hydrogens is 364 g/mol. The molecule has 2 aromatic rings. The predicted octanol–water partition coefficient (Wildman–Crippen LogP) is 3.31. The molecule has 7 nitrogen and oxygen atoms in total. The van der Waals surface area contributed by atoms with E-state index in [0.29, 0.717) is 17.0 Å². The average Bonchev–Trinajstić information content (AvgIpc) is 3.25. The number of carbonyl (C=O) groups excluding carboxylic acids is 1. The third-order valence-electron chi connectivity index (χ3n) is 5.27. The topological polar surface area (TPSA) is 94.0 Å². The summed E-state index contributed by atoms with van der Waals surface area (Å²) in [6, 6.07) is 6.09. The average molecular weight is 391 g/mol. The molecule has 1 aromatic carbocycles. The zero-order valence-corrected chi connectivity index (χ0v) is 16.7. The lowest BCUT2D eigenvalue weighted by molar-refractivity contribution is -0.119. The van der Waals surface area contributed by atoms with Crippen molar-refractivity contribution in [2.24, 2.45) is 17.3 Å². The third kappa shape index (κ3) is 4.55. The number of carbonyl (C=O) groups is 1. The van der Waals surface area contributed by atoms with Gasteiger partial charge in [0.1, 0.15) is 12.7 Å². The fourth-order valence-electron chi connectivity index (χ4n) is 3.79. The zero-order chi connectivity index (χ0) is 19.7. The van der Waals surface area contributed by atoms with Gasteiger partial charge in [0, 0.05) is 11.6 Å². The quantitative estimate of drug-likeness (QED) is 0.817. The Morgan fingerprint density at radius 2 is 2.04 bits per heavy atom. The van der Waals surface area contributed by atoms with Gasteiger partial charge < -0.3 is 5.32 Å². The minimum absolute atomic E-state index is 0.0356. The van der Waals surface area contributed by atoms with E-state index in [2.05, 4.69) is 29.2 Å². The molecule has 1 fully saturated rings. The highest BCUT2D eigenvalue weighted by molar-refractivity contribution is 7.89. The summed E-state index contributed by atoms with van der Waals surface area (Å²) in [6.07, 6.45) is 6.75. The van der Waals surface area contributed by atoms with Crippen LogP contribution < -0.4 is 5.32 Å². The van der Waals surface area contributed by atoms with Crippen LogP contribution in [0.5, 0.6) is 0 Å². The summed E-state index contributed by atoms with van der Waals surface area (Å²) in [5.41, 5.74) is 0.961. The van der Waals surface area contributed by atoms with E-state index in [9.17, 15) is 13.2 Å². The molecule has 1 aromatic heterocycles. The molecule has 0 spiro atoms. The first-order valence-electron chi connectivity index (χ1n) is 9.18. The maximum atomic E-state index is 12.5. The van der Waals surface area contributed by atoms with Crippen LogP contribution in [0.25, 0.3) is 0 Å². The lowest BCUT2D eigenvalue weighted by atomic mass is 9.87. The van der Waals surface area contributed by atoms with E-state index in [1.54, 1.807) is 12.1 Å². The molecule has 0 bridgehead atoms. The van der Waals surface area contributed by atoms with Gasteiger partial charge in [-0.15, -0.1) is 9.19 Å². The molecule has 2 unspecified atom stereocenters. The number of nitrogens with one attached hydrogen (secondary N) is 1.